The van der Waals surface area contributed by atoms with Gasteiger partial charge in [-0.2, -0.15) is 50.5 Å². The monoisotopic (exact) mass is 796 g/mol. The molecule has 2 aromatic carbocycles. The standard InChI is InChI=1S/C38H52O6S6/c39-36(12-6-3-9-35-21-24-49-50-35)42-30-17-15-28(16-18-30)13-14-29-25-31(43-37(40)10-4-1-7-33(47)19-22-45)27-32(26-29)44-38(41)11-5-2-8-34(48)20-23-46/h13-18,25-27,33-35,45-48H,1-12,19-24H2/b14-13+. The number of benzene rings is 2. The SMILES string of the molecule is O=C(CCCCC(S)CCS)Oc1cc(/C=C/c2ccc(OC(=O)CCCCC3CCSS3)cc2)cc(OC(=O)CCCCC(S)CCS)c1. The van der Waals surface area contributed by atoms with Crippen molar-refractivity contribution in [1.82, 2.24) is 0 Å². The molecule has 0 radical (unpaired) electrons. The van der Waals surface area contributed by atoms with Crippen LogP contribution in [0.3, 0.4) is 0 Å². The van der Waals surface area contributed by atoms with Crippen LogP contribution in [-0.2, 0) is 14.4 Å². The summed E-state index contributed by atoms with van der Waals surface area (Å²) in [5, 5.41) is 1.28. The highest BCUT2D eigenvalue weighted by Crippen LogP contribution is 2.40. The largest absolute Gasteiger partial charge is 0.427 e. The Balaban J connectivity index is 1.57. The summed E-state index contributed by atoms with van der Waals surface area (Å²) in [6.45, 7) is 0. The van der Waals surface area contributed by atoms with Crippen LogP contribution in [0.4, 0.5) is 0 Å². The normalized spacial score (nSPS) is 15.6. The van der Waals surface area contributed by atoms with Crippen LogP contribution in [0.1, 0.15) is 107 Å². The van der Waals surface area contributed by atoms with Crippen LogP contribution >= 0.6 is 72.1 Å². The fourth-order valence-electron chi connectivity index (χ4n) is 5.29. The molecule has 50 heavy (non-hydrogen) atoms. The van der Waals surface area contributed by atoms with E-state index in [4.69, 9.17) is 14.2 Å². The Morgan fingerprint density at radius 2 is 1.16 bits per heavy atom. The van der Waals surface area contributed by atoms with Crippen LogP contribution < -0.4 is 14.2 Å². The van der Waals surface area contributed by atoms with Crippen LogP contribution in [0, 0.1) is 0 Å². The molecule has 1 aliphatic rings. The van der Waals surface area contributed by atoms with Crippen molar-refractivity contribution in [3.05, 3.63) is 53.6 Å². The minimum atomic E-state index is -0.340. The molecule has 6 nitrogen and oxygen atoms in total. The van der Waals surface area contributed by atoms with Crippen molar-refractivity contribution in [1.29, 1.82) is 0 Å². The predicted molar refractivity (Wildman–Crippen MR) is 225 cm³/mol. The van der Waals surface area contributed by atoms with Crippen LogP contribution in [0.5, 0.6) is 17.2 Å². The molecule has 0 saturated carbocycles. The molecule has 12 heteroatoms. The van der Waals surface area contributed by atoms with Crippen molar-refractivity contribution >= 4 is 102 Å². The Bertz CT molecular complexity index is 1280. The van der Waals surface area contributed by atoms with E-state index >= 15 is 0 Å². The third-order valence-corrected chi connectivity index (χ3v) is 12.6. The molecule has 1 heterocycles. The molecule has 0 aromatic heterocycles. The zero-order valence-corrected chi connectivity index (χ0v) is 33.9. The van der Waals surface area contributed by atoms with Gasteiger partial charge in [0.15, 0.2) is 0 Å². The molecule has 3 unspecified atom stereocenters. The highest BCUT2D eigenvalue weighted by Gasteiger charge is 2.16. The predicted octanol–water partition coefficient (Wildman–Crippen LogP) is 10.6. The van der Waals surface area contributed by atoms with Gasteiger partial charge in [-0.15, -0.1) is 0 Å². The number of carbonyl (C=O) groups excluding carboxylic acids is 3. The molecule has 3 atom stereocenters. The van der Waals surface area contributed by atoms with Gasteiger partial charge in [0, 0.05) is 46.8 Å². The average molecular weight is 797 g/mol. The van der Waals surface area contributed by atoms with E-state index in [0.29, 0.717) is 42.1 Å². The van der Waals surface area contributed by atoms with Gasteiger partial charge in [0.1, 0.15) is 17.2 Å². The summed E-state index contributed by atoms with van der Waals surface area (Å²) >= 11 is 17.6. The van der Waals surface area contributed by atoms with Crippen molar-refractivity contribution in [2.45, 2.75) is 112 Å². The number of thiol groups is 4. The summed E-state index contributed by atoms with van der Waals surface area (Å²) in [7, 11) is 3.91. The highest BCUT2D eigenvalue weighted by atomic mass is 33.1. The minimum Gasteiger partial charge on any atom is -0.427 e. The molecule has 1 fully saturated rings. The van der Waals surface area contributed by atoms with E-state index in [2.05, 4.69) is 50.5 Å². The maximum atomic E-state index is 12.7. The molecule has 0 spiro atoms. The summed E-state index contributed by atoms with van der Waals surface area (Å²) in [5.74, 6) is 3.06. The van der Waals surface area contributed by atoms with E-state index in [1.807, 2.05) is 45.9 Å². The second kappa shape index (κ2) is 25.6. The number of ether oxygens (including phenoxy) is 3. The van der Waals surface area contributed by atoms with Crippen molar-refractivity contribution in [3.8, 4) is 17.2 Å². The summed E-state index contributed by atoms with van der Waals surface area (Å²) in [6.07, 6.45) is 15.9. The minimum absolute atomic E-state index is 0.214. The second-order valence-electron chi connectivity index (χ2n) is 12.5. The van der Waals surface area contributed by atoms with Gasteiger partial charge in [-0.25, -0.2) is 0 Å². The van der Waals surface area contributed by atoms with E-state index < -0.39 is 0 Å². The summed E-state index contributed by atoms with van der Waals surface area (Å²) in [4.78, 5) is 37.7. The first-order valence-electron chi connectivity index (χ1n) is 17.7. The maximum absolute atomic E-state index is 12.7. The molecule has 276 valence electrons. The molecule has 0 bridgehead atoms. The average Bonchev–Trinajstić information content (AvgIpc) is 3.61. The van der Waals surface area contributed by atoms with Crippen LogP contribution in [0.25, 0.3) is 12.2 Å². The van der Waals surface area contributed by atoms with Gasteiger partial charge in [0.05, 0.1) is 0 Å². The zero-order valence-electron chi connectivity index (χ0n) is 28.7. The van der Waals surface area contributed by atoms with Gasteiger partial charge in [0.25, 0.3) is 0 Å². The quantitative estimate of drug-likeness (QED) is 0.0209. The Morgan fingerprint density at radius 3 is 1.66 bits per heavy atom. The van der Waals surface area contributed by atoms with E-state index in [-0.39, 0.29) is 41.2 Å². The van der Waals surface area contributed by atoms with Gasteiger partial charge < -0.3 is 14.2 Å². The molecule has 1 saturated heterocycles. The van der Waals surface area contributed by atoms with E-state index in [0.717, 1.165) is 80.1 Å². The molecule has 0 amide bonds. The summed E-state index contributed by atoms with van der Waals surface area (Å²) in [5.41, 5.74) is 1.59. The lowest BCUT2D eigenvalue weighted by Gasteiger charge is -2.11. The Morgan fingerprint density at radius 1 is 0.660 bits per heavy atom. The zero-order chi connectivity index (χ0) is 36.0. The second-order valence-corrected chi connectivity index (χ2v) is 17.6. The number of rotatable bonds is 24. The van der Waals surface area contributed by atoms with Crippen molar-refractivity contribution in [2.75, 3.05) is 17.3 Å². The van der Waals surface area contributed by atoms with Gasteiger partial charge >= 0.3 is 17.9 Å². The maximum Gasteiger partial charge on any atom is 0.311 e. The Labute approximate surface area is 328 Å². The lowest BCUT2D eigenvalue weighted by molar-refractivity contribution is -0.135. The number of esters is 3. The molecule has 3 rings (SSSR count). The smallest absolute Gasteiger partial charge is 0.311 e. The van der Waals surface area contributed by atoms with Crippen LogP contribution in [-0.4, -0.2) is 50.9 Å². The fraction of sp³-hybridized carbons (Fsp3) is 0.553. The van der Waals surface area contributed by atoms with Crippen molar-refractivity contribution in [3.63, 3.8) is 0 Å². The number of hydrogen-bond acceptors (Lipinski definition) is 12. The molecule has 2 aromatic rings. The number of unbranched alkanes of at least 4 members (excludes halogenated alkanes) is 3. The summed E-state index contributed by atoms with van der Waals surface area (Å²) in [6, 6.07) is 12.4. The van der Waals surface area contributed by atoms with Crippen LogP contribution in [0.2, 0.25) is 0 Å². The Hall–Kier alpha value is -1.31. The lowest BCUT2D eigenvalue weighted by Crippen LogP contribution is -2.10. The van der Waals surface area contributed by atoms with E-state index in [1.165, 1.54) is 12.2 Å². The first-order valence-corrected chi connectivity index (χ1v) is 22.3. The Kier molecular flexibility index (Phi) is 22.1. The third-order valence-electron chi connectivity index (χ3n) is 8.09. The first kappa shape index (κ1) is 43.1. The van der Waals surface area contributed by atoms with Gasteiger partial charge in [-0.3, -0.25) is 14.4 Å². The van der Waals surface area contributed by atoms with Crippen molar-refractivity contribution < 1.29 is 28.6 Å². The fourth-order valence-corrected chi connectivity index (χ4v) is 9.97. The molecule has 0 aliphatic carbocycles. The molecule has 0 N–H and O–H groups in total. The van der Waals surface area contributed by atoms with Gasteiger partial charge in [0.2, 0.25) is 0 Å². The van der Waals surface area contributed by atoms with Gasteiger partial charge in [-0.05, 0) is 105 Å². The van der Waals surface area contributed by atoms with E-state index in [9.17, 15) is 14.4 Å². The van der Waals surface area contributed by atoms with Crippen LogP contribution in [0.15, 0.2) is 42.5 Å². The summed E-state index contributed by atoms with van der Waals surface area (Å²) < 4.78 is 16.9. The number of hydrogen-bond donors (Lipinski definition) is 4. The lowest BCUT2D eigenvalue weighted by atomic mass is 10.1. The number of carbonyl (C=O) groups is 3. The molecular weight excluding hydrogens is 745 g/mol. The van der Waals surface area contributed by atoms with E-state index in [1.54, 1.807) is 30.3 Å². The van der Waals surface area contributed by atoms with Gasteiger partial charge in [-0.1, -0.05) is 65.1 Å². The highest BCUT2D eigenvalue weighted by molar-refractivity contribution is 8.77. The first-order chi connectivity index (χ1) is 24.2. The third kappa shape index (κ3) is 19.0. The van der Waals surface area contributed by atoms with Crippen molar-refractivity contribution in [2.24, 2.45) is 0 Å². The topological polar surface area (TPSA) is 78.9 Å². The molecular formula is C38H52O6S6. The molecule has 1 aliphatic heterocycles.